The molecule has 3 rings (SSSR count). The van der Waals surface area contributed by atoms with Gasteiger partial charge < -0.3 is 19.5 Å². The van der Waals surface area contributed by atoms with Crippen molar-refractivity contribution in [3.05, 3.63) is 54.1 Å². The molecule has 2 unspecified atom stereocenters. The van der Waals surface area contributed by atoms with E-state index < -0.39 is 20.6 Å². The smallest absolute Gasteiger partial charge is 0.327 e. The zero-order valence-electron chi connectivity index (χ0n) is 20.2. The summed E-state index contributed by atoms with van der Waals surface area (Å²) in [5.74, 6) is 0.409. The molecule has 2 aromatic carbocycles. The van der Waals surface area contributed by atoms with E-state index >= 15 is 0 Å². The van der Waals surface area contributed by atoms with Gasteiger partial charge in [0.05, 0.1) is 25.2 Å². The number of nitrogens with one attached hydrogen (secondary N) is 1. The first-order valence-corrected chi connectivity index (χ1v) is 13.3. The van der Waals surface area contributed by atoms with Gasteiger partial charge in [0.15, 0.2) is 14.6 Å². The third-order valence-corrected chi connectivity index (χ3v) is 8.65. The van der Waals surface area contributed by atoms with Crippen molar-refractivity contribution >= 4 is 15.8 Å². The average Bonchev–Trinajstić information content (AvgIpc) is 2.85. The maximum atomic E-state index is 13.6. The summed E-state index contributed by atoms with van der Waals surface area (Å²) in [4.78, 5) is 13.0. The van der Waals surface area contributed by atoms with Crippen LogP contribution in [0, 0.1) is 0 Å². The monoisotopic (exact) mass is 489 g/mol. The number of esters is 1. The van der Waals surface area contributed by atoms with E-state index in [0.29, 0.717) is 29.7 Å². The molecule has 34 heavy (non-hydrogen) atoms. The molecule has 0 aromatic heterocycles. The number of hydrogen-bond donors (Lipinski definition) is 1. The van der Waals surface area contributed by atoms with E-state index in [9.17, 15) is 13.2 Å². The van der Waals surface area contributed by atoms with Crippen molar-refractivity contribution in [3.8, 4) is 11.5 Å². The van der Waals surface area contributed by atoms with Crippen LogP contribution in [0.1, 0.15) is 45.1 Å². The van der Waals surface area contributed by atoms with Crippen molar-refractivity contribution in [3.63, 3.8) is 0 Å². The van der Waals surface area contributed by atoms with E-state index in [0.717, 1.165) is 19.4 Å². The van der Waals surface area contributed by atoms with Crippen LogP contribution in [0.3, 0.4) is 0 Å². The van der Waals surface area contributed by atoms with Gasteiger partial charge >= 0.3 is 5.97 Å². The fourth-order valence-corrected chi connectivity index (χ4v) is 5.85. The molecule has 0 spiro atoms. The zero-order valence-corrected chi connectivity index (χ0v) is 21.0. The Kier molecular flexibility index (Phi) is 8.97. The lowest BCUT2D eigenvalue weighted by molar-refractivity contribution is -0.145. The molecule has 1 N–H and O–H groups in total. The molecule has 0 radical (unpaired) electrons. The molecule has 186 valence electrons. The van der Waals surface area contributed by atoms with Crippen molar-refractivity contribution in [2.75, 3.05) is 26.9 Å². The maximum absolute atomic E-state index is 13.6. The molecule has 7 nitrogen and oxygen atoms in total. The normalized spacial score (nSPS) is 18.0. The maximum Gasteiger partial charge on any atom is 0.327 e. The summed E-state index contributed by atoms with van der Waals surface area (Å²) >= 11 is 0. The predicted octanol–water partition coefficient (Wildman–Crippen LogP) is 3.94. The molecule has 0 bridgehead atoms. The van der Waals surface area contributed by atoms with Gasteiger partial charge in [-0.3, -0.25) is 4.79 Å². The summed E-state index contributed by atoms with van der Waals surface area (Å²) < 4.78 is 41.7. The number of sulfone groups is 1. The highest BCUT2D eigenvalue weighted by Crippen LogP contribution is 2.32. The molecule has 2 atom stereocenters. The summed E-state index contributed by atoms with van der Waals surface area (Å²) in [6, 6.07) is 13.8. The summed E-state index contributed by atoms with van der Waals surface area (Å²) in [5.41, 5.74) is 0.681. The van der Waals surface area contributed by atoms with Gasteiger partial charge in [0.2, 0.25) is 0 Å². The largest absolute Gasteiger partial charge is 0.497 e. The molecular weight excluding hydrogens is 454 g/mol. The molecule has 2 aromatic rings. The van der Waals surface area contributed by atoms with Crippen molar-refractivity contribution < 1.29 is 27.4 Å². The van der Waals surface area contributed by atoms with Crippen LogP contribution in [0.25, 0.3) is 0 Å². The molecule has 1 saturated heterocycles. The molecule has 1 aliphatic heterocycles. The number of methoxy groups -OCH3 is 1. The molecule has 8 heteroatoms. The van der Waals surface area contributed by atoms with Gasteiger partial charge in [-0.2, -0.15) is 0 Å². The minimum Gasteiger partial charge on any atom is -0.497 e. The lowest BCUT2D eigenvalue weighted by Crippen LogP contribution is -2.46. The third kappa shape index (κ3) is 6.10. The second-order valence-electron chi connectivity index (χ2n) is 8.74. The number of benzene rings is 2. The van der Waals surface area contributed by atoms with Crippen LogP contribution in [0.15, 0.2) is 53.4 Å². The van der Waals surface area contributed by atoms with Crippen molar-refractivity contribution in [2.45, 2.75) is 61.6 Å². The standard InChI is InChI=1S/C26H35NO6S/c1-4-32-25(28)26(2,34(29,30)24-13-11-22(31-3)12-14-24)19-20-8-7-10-23(18-20)33-17-15-21-9-5-6-16-27-21/h7-8,10-14,18,21,27H,4-6,9,15-17,19H2,1-3H3. The van der Waals surface area contributed by atoms with Crippen LogP contribution in [0.5, 0.6) is 11.5 Å². The number of carbonyl (C=O) groups is 1. The highest BCUT2D eigenvalue weighted by Gasteiger charge is 2.48. The van der Waals surface area contributed by atoms with Crippen LogP contribution in [-0.2, 0) is 25.8 Å². The first-order valence-electron chi connectivity index (χ1n) is 11.8. The van der Waals surface area contributed by atoms with Crippen molar-refractivity contribution in [1.29, 1.82) is 0 Å². The van der Waals surface area contributed by atoms with E-state index in [4.69, 9.17) is 14.2 Å². The number of carbonyl (C=O) groups excluding carboxylic acids is 1. The number of hydrogen-bond acceptors (Lipinski definition) is 7. The van der Waals surface area contributed by atoms with Crippen LogP contribution in [0.4, 0.5) is 0 Å². The Hall–Kier alpha value is -2.58. The molecular formula is C26H35NO6S. The van der Waals surface area contributed by atoms with E-state index in [1.54, 1.807) is 31.2 Å². The minimum absolute atomic E-state index is 0.0382. The third-order valence-electron chi connectivity index (χ3n) is 6.26. The first-order chi connectivity index (χ1) is 16.3. The topological polar surface area (TPSA) is 90.9 Å². The second-order valence-corrected chi connectivity index (χ2v) is 11.1. The Morgan fingerprint density at radius 2 is 1.88 bits per heavy atom. The van der Waals surface area contributed by atoms with Crippen LogP contribution in [0.2, 0.25) is 0 Å². The lowest BCUT2D eigenvalue weighted by Gasteiger charge is -2.27. The van der Waals surface area contributed by atoms with Gasteiger partial charge in [-0.15, -0.1) is 0 Å². The number of piperidine rings is 1. The van der Waals surface area contributed by atoms with Gasteiger partial charge in [0.25, 0.3) is 0 Å². The van der Waals surface area contributed by atoms with Crippen LogP contribution >= 0.6 is 0 Å². The van der Waals surface area contributed by atoms with E-state index in [1.165, 1.54) is 39.0 Å². The van der Waals surface area contributed by atoms with Gasteiger partial charge in [-0.1, -0.05) is 18.6 Å². The van der Waals surface area contributed by atoms with E-state index in [2.05, 4.69) is 5.32 Å². The first kappa shape index (κ1) is 26.0. The molecule has 1 fully saturated rings. The minimum atomic E-state index is -4.07. The predicted molar refractivity (Wildman–Crippen MR) is 131 cm³/mol. The van der Waals surface area contributed by atoms with Gasteiger partial charge in [-0.05, 0) is 81.6 Å². The van der Waals surface area contributed by atoms with E-state index in [-0.39, 0.29) is 17.9 Å². The second kappa shape index (κ2) is 11.7. The summed E-state index contributed by atoms with van der Waals surface area (Å²) in [5, 5.41) is 3.51. The Labute approximate surface area is 202 Å². The van der Waals surface area contributed by atoms with Gasteiger partial charge in [-0.25, -0.2) is 8.42 Å². The van der Waals surface area contributed by atoms with E-state index in [1.807, 2.05) is 12.1 Å². The summed E-state index contributed by atoms with van der Waals surface area (Å²) in [6.07, 6.45) is 4.49. The zero-order chi connectivity index (χ0) is 24.6. The average molecular weight is 490 g/mol. The molecule has 0 aliphatic carbocycles. The molecule has 1 heterocycles. The molecule has 0 saturated carbocycles. The Bertz CT molecular complexity index is 1050. The number of rotatable bonds is 11. The molecule has 1 aliphatic rings. The Balaban J connectivity index is 1.79. The van der Waals surface area contributed by atoms with Crippen molar-refractivity contribution in [1.82, 2.24) is 5.32 Å². The van der Waals surface area contributed by atoms with Crippen LogP contribution in [-0.4, -0.2) is 52.0 Å². The fourth-order valence-electron chi connectivity index (χ4n) is 4.20. The quantitative estimate of drug-likeness (QED) is 0.478. The number of ether oxygens (including phenoxy) is 3. The van der Waals surface area contributed by atoms with Crippen molar-refractivity contribution in [2.24, 2.45) is 0 Å². The van der Waals surface area contributed by atoms with Gasteiger partial charge in [0, 0.05) is 12.5 Å². The summed E-state index contributed by atoms with van der Waals surface area (Å²) in [6.45, 7) is 4.79. The Morgan fingerprint density at radius 3 is 2.53 bits per heavy atom. The fraction of sp³-hybridized carbons (Fsp3) is 0.500. The summed E-state index contributed by atoms with van der Waals surface area (Å²) in [7, 11) is -2.56. The highest BCUT2D eigenvalue weighted by atomic mass is 32.2. The van der Waals surface area contributed by atoms with Gasteiger partial charge in [0.1, 0.15) is 11.5 Å². The molecule has 0 amide bonds. The Morgan fingerprint density at radius 1 is 1.12 bits per heavy atom. The lowest BCUT2D eigenvalue weighted by atomic mass is 10.00. The van der Waals surface area contributed by atoms with Crippen LogP contribution < -0.4 is 14.8 Å². The highest BCUT2D eigenvalue weighted by molar-refractivity contribution is 7.93. The SMILES string of the molecule is CCOC(=O)C(C)(Cc1cccc(OCCC2CCCCN2)c1)S(=O)(=O)c1ccc(OC)cc1.